The van der Waals surface area contributed by atoms with Gasteiger partial charge in [0, 0.05) is 19.2 Å². The third-order valence-electron chi connectivity index (χ3n) is 5.47. The molecule has 9 nitrogen and oxygen atoms in total. The standard InChI is InChI=1S/C25H23ClN6O3/c1-3-22-29-15(2)13-32(22)25-28-12-19(30-24(33)17-6-4-5-7-18(17)26)23(31-25)27-11-16-8-9-20-21(10-16)35-14-34-20/h4-10,12-13H,3,11,14H2,1-2H3,(H,30,33)(H,27,28,31). The number of anilines is 2. The summed E-state index contributed by atoms with van der Waals surface area (Å²) >= 11 is 6.21. The molecular formula is C25H23ClN6O3. The van der Waals surface area contributed by atoms with Gasteiger partial charge in [-0.05, 0) is 36.8 Å². The van der Waals surface area contributed by atoms with E-state index in [1.807, 2.05) is 42.8 Å². The lowest BCUT2D eigenvalue weighted by Gasteiger charge is -2.15. The summed E-state index contributed by atoms with van der Waals surface area (Å²) in [4.78, 5) is 26.7. The number of benzene rings is 2. The van der Waals surface area contributed by atoms with Crippen molar-refractivity contribution in [1.29, 1.82) is 0 Å². The van der Waals surface area contributed by atoms with Crippen LogP contribution in [0.2, 0.25) is 5.02 Å². The number of hydrogen-bond acceptors (Lipinski definition) is 7. The SMILES string of the molecule is CCc1nc(C)cn1-c1ncc(NC(=O)c2ccccc2Cl)c(NCc2ccc3c(c2)OCO3)n1. The summed E-state index contributed by atoms with van der Waals surface area (Å²) in [5.74, 6) is 2.81. The van der Waals surface area contributed by atoms with Gasteiger partial charge in [0.15, 0.2) is 17.3 Å². The fourth-order valence-corrected chi connectivity index (χ4v) is 3.98. The smallest absolute Gasteiger partial charge is 0.257 e. The fraction of sp³-hybridized carbons (Fsp3) is 0.200. The number of rotatable bonds is 7. The number of ether oxygens (including phenoxy) is 2. The molecule has 2 aromatic heterocycles. The molecule has 0 bridgehead atoms. The highest BCUT2D eigenvalue weighted by Crippen LogP contribution is 2.33. The first-order valence-corrected chi connectivity index (χ1v) is 11.5. The normalized spacial score (nSPS) is 12.0. The minimum Gasteiger partial charge on any atom is -0.454 e. The molecular weight excluding hydrogens is 468 g/mol. The lowest BCUT2D eigenvalue weighted by Crippen LogP contribution is -2.16. The molecule has 5 rings (SSSR count). The molecule has 0 saturated heterocycles. The predicted molar refractivity (Wildman–Crippen MR) is 133 cm³/mol. The second-order valence-corrected chi connectivity index (χ2v) is 8.34. The molecule has 2 N–H and O–H groups in total. The monoisotopic (exact) mass is 490 g/mol. The van der Waals surface area contributed by atoms with Gasteiger partial charge in [0.25, 0.3) is 5.91 Å². The van der Waals surface area contributed by atoms with Crippen LogP contribution in [0.3, 0.4) is 0 Å². The molecule has 178 valence electrons. The van der Waals surface area contributed by atoms with Gasteiger partial charge in [-0.3, -0.25) is 9.36 Å². The third-order valence-corrected chi connectivity index (χ3v) is 5.80. The van der Waals surface area contributed by atoms with Gasteiger partial charge in [-0.25, -0.2) is 9.97 Å². The van der Waals surface area contributed by atoms with Crippen molar-refractivity contribution in [2.24, 2.45) is 0 Å². The van der Waals surface area contributed by atoms with Crippen LogP contribution >= 0.6 is 11.6 Å². The number of carbonyl (C=O) groups is 1. The number of aryl methyl sites for hydroxylation is 2. The van der Waals surface area contributed by atoms with E-state index >= 15 is 0 Å². The number of aromatic nitrogens is 4. The Morgan fingerprint density at radius 2 is 1.97 bits per heavy atom. The molecule has 35 heavy (non-hydrogen) atoms. The number of imidazole rings is 1. The van der Waals surface area contributed by atoms with Crippen LogP contribution in [0.15, 0.2) is 54.9 Å². The zero-order chi connectivity index (χ0) is 24.4. The van der Waals surface area contributed by atoms with E-state index in [4.69, 9.17) is 26.1 Å². The van der Waals surface area contributed by atoms with Crippen molar-refractivity contribution in [2.45, 2.75) is 26.8 Å². The van der Waals surface area contributed by atoms with Gasteiger partial charge in [-0.1, -0.05) is 36.7 Å². The van der Waals surface area contributed by atoms with E-state index in [0.29, 0.717) is 46.1 Å². The van der Waals surface area contributed by atoms with Crippen molar-refractivity contribution in [3.63, 3.8) is 0 Å². The molecule has 0 radical (unpaired) electrons. The molecule has 10 heteroatoms. The highest BCUT2D eigenvalue weighted by molar-refractivity contribution is 6.34. The Morgan fingerprint density at radius 3 is 2.80 bits per heavy atom. The van der Waals surface area contributed by atoms with E-state index in [2.05, 4.69) is 20.6 Å². The Hall–Kier alpha value is -4.11. The van der Waals surface area contributed by atoms with E-state index in [0.717, 1.165) is 23.5 Å². The largest absolute Gasteiger partial charge is 0.454 e. The first-order chi connectivity index (χ1) is 17.0. The Labute approximate surface area is 207 Å². The highest BCUT2D eigenvalue weighted by Gasteiger charge is 2.17. The van der Waals surface area contributed by atoms with Gasteiger partial charge in [0.1, 0.15) is 11.5 Å². The zero-order valence-corrected chi connectivity index (χ0v) is 20.0. The van der Waals surface area contributed by atoms with Crippen LogP contribution in [0.25, 0.3) is 5.95 Å². The zero-order valence-electron chi connectivity index (χ0n) is 19.2. The van der Waals surface area contributed by atoms with E-state index in [9.17, 15) is 4.79 Å². The lowest BCUT2D eigenvalue weighted by atomic mass is 10.2. The van der Waals surface area contributed by atoms with E-state index in [-0.39, 0.29) is 12.7 Å². The van der Waals surface area contributed by atoms with Crippen molar-refractivity contribution >= 4 is 29.0 Å². The van der Waals surface area contributed by atoms with Crippen LogP contribution in [0.5, 0.6) is 11.5 Å². The summed E-state index contributed by atoms with van der Waals surface area (Å²) in [5, 5.41) is 6.56. The fourth-order valence-electron chi connectivity index (χ4n) is 3.76. The molecule has 4 aromatic rings. The number of hydrogen-bond donors (Lipinski definition) is 2. The second-order valence-electron chi connectivity index (χ2n) is 7.93. The number of amides is 1. The van der Waals surface area contributed by atoms with Gasteiger partial charge < -0.3 is 20.1 Å². The number of carbonyl (C=O) groups excluding carboxylic acids is 1. The van der Waals surface area contributed by atoms with Crippen molar-refractivity contribution in [1.82, 2.24) is 19.5 Å². The number of nitrogens with zero attached hydrogens (tertiary/aromatic N) is 4. The Balaban J connectivity index is 1.46. The van der Waals surface area contributed by atoms with Crippen molar-refractivity contribution in [3.05, 3.63) is 82.5 Å². The molecule has 1 aliphatic heterocycles. The van der Waals surface area contributed by atoms with Gasteiger partial charge >= 0.3 is 0 Å². The quantitative estimate of drug-likeness (QED) is 0.384. The first-order valence-electron chi connectivity index (χ1n) is 11.1. The molecule has 0 atom stereocenters. The molecule has 0 saturated carbocycles. The average molecular weight is 491 g/mol. The molecule has 0 unspecified atom stereocenters. The Bertz CT molecular complexity index is 1400. The molecule has 3 heterocycles. The molecule has 2 aromatic carbocycles. The maximum absolute atomic E-state index is 12.9. The van der Waals surface area contributed by atoms with Crippen LogP contribution in [-0.2, 0) is 13.0 Å². The Morgan fingerprint density at radius 1 is 1.14 bits per heavy atom. The maximum Gasteiger partial charge on any atom is 0.257 e. The predicted octanol–water partition coefficient (Wildman–Crippen LogP) is 4.78. The molecule has 1 aliphatic rings. The lowest BCUT2D eigenvalue weighted by molar-refractivity contribution is 0.102. The summed E-state index contributed by atoms with van der Waals surface area (Å²) in [7, 11) is 0. The van der Waals surface area contributed by atoms with Crippen LogP contribution in [0.4, 0.5) is 11.5 Å². The molecule has 0 aliphatic carbocycles. The van der Waals surface area contributed by atoms with E-state index < -0.39 is 0 Å². The molecule has 1 amide bonds. The van der Waals surface area contributed by atoms with Gasteiger partial charge in [0.05, 0.1) is 22.5 Å². The first kappa shape index (κ1) is 22.7. The van der Waals surface area contributed by atoms with Crippen LogP contribution in [0.1, 0.15) is 34.4 Å². The van der Waals surface area contributed by atoms with Crippen LogP contribution in [0, 0.1) is 6.92 Å². The van der Waals surface area contributed by atoms with Crippen molar-refractivity contribution in [2.75, 3.05) is 17.4 Å². The Kier molecular flexibility index (Phi) is 6.24. The minimum absolute atomic E-state index is 0.212. The summed E-state index contributed by atoms with van der Waals surface area (Å²) in [5.41, 5.74) is 2.62. The van der Waals surface area contributed by atoms with Crippen LogP contribution < -0.4 is 20.1 Å². The topological polar surface area (TPSA) is 103 Å². The van der Waals surface area contributed by atoms with Gasteiger partial charge in [0.2, 0.25) is 12.7 Å². The summed E-state index contributed by atoms with van der Waals surface area (Å²) < 4.78 is 12.7. The number of nitrogens with one attached hydrogen (secondary N) is 2. The summed E-state index contributed by atoms with van der Waals surface area (Å²) in [6, 6.07) is 12.6. The van der Waals surface area contributed by atoms with E-state index in [1.165, 1.54) is 0 Å². The number of fused-ring (bicyclic) bond motifs is 1. The third kappa shape index (κ3) is 4.76. The van der Waals surface area contributed by atoms with Crippen molar-refractivity contribution in [3.8, 4) is 17.4 Å². The summed E-state index contributed by atoms with van der Waals surface area (Å²) in [6.07, 6.45) is 4.19. The van der Waals surface area contributed by atoms with Gasteiger partial charge in [-0.2, -0.15) is 4.98 Å². The minimum atomic E-state index is -0.356. The molecule has 0 fully saturated rings. The maximum atomic E-state index is 12.9. The second kappa shape index (κ2) is 9.63. The van der Waals surface area contributed by atoms with Crippen LogP contribution in [-0.4, -0.2) is 32.2 Å². The number of halogens is 1. The van der Waals surface area contributed by atoms with Crippen molar-refractivity contribution < 1.29 is 14.3 Å². The van der Waals surface area contributed by atoms with E-state index in [1.54, 1.807) is 30.5 Å². The van der Waals surface area contributed by atoms with Gasteiger partial charge in [-0.15, -0.1) is 0 Å². The molecule has 0 spiro atoms. The highest BCUT2D eigenvalue weighted by atomic mass is 35.5. The average Bonchev–Trinajstić information content (AvgIpc) is 3.49. The summed E-state index contributed by atoms with van der Waals surface area (Å²) in [6.45, 7) is 4.59.